The Balaban J connectivity index is 1.64. The highest BCUT2D eigenvalue weighted by molar-refractivity contribution is 5.92. The minimum absolute atomic E-state index is 0.146. The van der Waals surface area contributed by atoms with Crippen LogP contribution in [0, 0.1) is 0 Å². The molecule has 0 aliphatic rings. The molecule has 0 atom stereocenters. The Labute approximate surface area is 162 Å². The SMILES string of the molecule is C=CCc1ccc(OCC(=O)Nc2cccc(-c3nnnn3C)c2)c(OC)c1. The second-order valence-corrected chi connectivity index (χ2v) is 6.02. The van der Waals surface area contributed by atoms with Crippen molar-refractivity contribution in [3.8, 4) is 22.9 Å². The maximum atomic E-state index is 12.3. The third-order valence-electron chi connectivity index (χ3n) is 3.99. The molecule has 1 amide bonds. The van der Waals surface area contributed by atoms with Gasteiger partial charge in [-0.1, -0.05) is 24.3 Å². The fourth-order valence-electron chi connectivity index (χ4n) is 2.68. The summed E-state index contributed by atoms with van der Waals surface area (Å²) < 4.78 is 12.5. The van der Waals surface area contributed by atoms with Crippen molar-refractivity contribution >= 4 is 11.6 Å². The van der Waals surface area contributed by atoms with E-state index in [2.05, 4.69) is 27.4 Å². The number of allylic oxidation sites excluding steroid dienone is 1. The second-order valence-electron chi connectivity index (χ2n) is 6.02. The number of benzene rings is 2. The van der Waals surface area contributed by atoms with Crippen LogP contribution in [-0.4, -0.2) is 39.8 Å². The summed E-state index contributed by atoms with van der Waals surface area (Å²) in [7, 11) is 3.31. The minimum Gasteiger partial charge on any atom is -0.493 e. The summed E-state index contributed by atoms with van der Waals surface area (Å²) in [5.41, 5.74) is 2.48. The molecule has 0 saturated carbocycles. The van der Waals surface area contributed by atoms with E-state index in [-0.39, 0.29) is 12.5 Å². The van der Waals surface area contributed by atoms with Crippen LogP contribution in [-0.2, 0) is 18.3 Å². The predicted octanol–water partition coefficient (Wildman–Crippen LogP) is 2.63. The molecule has 0 bridgehead atoms. The van der Waals surface area contributed by atoms with Gasteiger partial charge in [-0.2, -0.15) is 0 Å². The van der Waals surface area contributed by atoms with Crippen LogP contribution in [0.3, 0.4) is 0 Å². The largest absolute Gasteiger partial charge is 0.493 e. The van der Waals surface area contributed by atoms with Crippen LogP contribution in [0.1, 0.15) is 5.56 Å². The topological polar surface area (TPSA) is 91.2 Å². The molecule has 3 rings (SSSR count). The number of ether oxygens (including phenoxy) is 2. The van der Waals surface area contributed by atoms with Crippen molar-refractivity contribution in [2.45, 2.75) is 6.42 Å². The van der Waals surface area contributed by atoms with Gasteiger partial charge >= 0.3 is 0 Å². The number of carbonyl (C=O) groups is 1. The first kappa shape index (κ1) is 19.1. The van der Waals surface area contributed by atoms with Crippen molar-refractivity contribution in [1.82, 2.24) is 20.2 Å². The molecule has 1 aromatic heterocycles. The van der Waals surface area contributed by atoms with Gasteiger partial charge in [0, 0.05) is 18.3 Å². The van der Waals surface area contributed by atoms with Crippen molar-refractivity contribution in [2.24, 2.45) is 7.05 Å². The summed E-state index contributed by atoms with van der Waals surface area (Å²) in [5, 5.41) is 14.2. The van der Waals surface area contributed by atoms with E-state index < -0.39 is 0 Å². The number of hydrogen-bond acceptors (Lipinski definition) is 6. The lowest BCUT2D eigenvalue weighted by Crippen LogP contribution is -2.20. The number of nitrogens with one attached hydrogen (secondary N) is 1. The Morgan fingerprint density at radius 1 is 1.25 bits per heavy atom. The number of tetrazole rings is 1. The van der Waals surface area contributed by atoms with Gasteiger partial charge < -0.3 is 14.8 Å². The Morgan fingerprint density at radius 3 is 2.82 bits per heavy atom. The summed E-state index contributed by atoms with van der Waals surface area (Å²) in [6.07, 6.45) is 2.54. The van der Waals surface area contributed by atoms with E-state index in [0.717, 1.165) is 17.5 Å². The molecular formula is C20H21N5O3. The number of aryl methyl sites for hydroxylation is 1. The highest BCUT2D eigenvalue weighted by atomic mass is 16.5. The molecule has 3 aromatic rings. The first-order valence-corrected chi connectivity index (χ1v) is 8.64. The van der Waals surface area contributed by atoms with Gasteiger partial charge in [-0.05, 0) is 46.7 Å². The predicted molar refractivity (Wildman–Crippen MR) is 105 cm³/mol. The Bertz CT molecular complexity index is 983. The summed E-state index contributed by atoms with van der Waals surface area (Å²) >= 11 is 0. The van der Waals surface area contributed by atoms with Gasteiger partial charge in [0.2, 0.25) is 0 Å². The van der Waals surface area contributed by atoms with E-state index in [1.165, 1.54) is 0 Å². The number of methoxy groups -OCH3 is 1. The highest BCUT2D eigenvalue weighted by Gasteiger charge is 2.11. The summed E-state index contributed by atoms with van der Waals surface area (Å²) in [6, 6.07) is 12.8. The first-order chi connectivity index (χ1) is 13.6. The van der Waals surface area contributed by atoms with Crippen molar-refractivity contribution in [2.75, 3.05) is 19.0 Å². The maximum Gasteiger partial charge on any atom is 0.262 e. The zero-order chi connectivity index (χ0) is 19.9. The molecular weight excluding hydrogens is 358 g/mol. The van der Waals surface area contributed by atoms with Crippen molar-refractivity contribution < 1.29 is 14.3 Å². The molecule has 8 heteroatoms. The van der Waals surface area contributed by atoms with E-state index >= 15 is 0 Å². The van der Waals surface area contributed by atoms with Gasteiger partial charge in [-0.25, -0.2) is 4.68 Å². The third-order valence-corrected chi connectivity index (χ3v) is 3.99. The van der Waals surface area contributed by atoms with Crippen LogP contribution in [0.5, 0.6) is 11.5 Å². The van der Waals surface area contributed by atoms with E-state index in [0.29, 0.717) is 23.0 Å². The summed E-state index contributed by atoms with van der Waals surface area (Å²) in [4.78, 5) is 12.3. The molecule has 28 heavy (non-hydrogen) atoms. The average molecular weight is 379 g/mol. The Morgan fingerprint density at radius 2 is 2.11 bits per heavy atom. The van der Waals surface area contributed by atoms with Gasteiger partial charge in [0.25, 0.3) is 5.91 Å². The molecule has 0 spiro atoms. The second kappa shape index (κ2) is 8.81. The number of anilines is 1. The lowest BCUT2D eigenvalue weighted by Gasteiger charge is -2.12. The first-order valence-electron chi connectivity index (χ1n) is 8.64. The molecule has 2 aromatic carbocycles. The van der Waals surface area contributed by atoms with Crippen LogP contribution in [0.15, 0.2) is 55.1 Å². The molecule has 8 nitrogen and oxygen atoms in total. The molecule has 0 radical (unpaired) electrons. The molecule has 0 unspecified atom stereocenters. The lowest BCUT2D eigenvalue weighted by molar-refractivity contribution is -0.118. The fourth-order valence-corrected chi connectivity index (χ4v) is 2.68. The Hall–Kier alpha value is -3.68. The fraction of sp³-hybridized carbons (Fsp3) is 0.200. The van der Waals surface area contributed by atoms with Gasteiger partial charge in [-0.15, -0.1) is 11.7 Å². The zero-order valence-electron chi connectivity index (χ0n) is 15.8. The molecule has 0 fully saturated rings. The monoisotopic (exact) mass is 379 g/mol. The van der Waals surface area contributed by atoms with E-state index in [1.807, 2.05) is 30.3 Å². The quantitative estimate of drug-likeness (QED) is 0.605. The van der Waals surface area contributed by atoms with Crippen molar-refractivity contribution in [3.05, 3.63) is 60.7 Å². The summed E-state index contributed by atoms with van der Waals surface area (Å²) in [5.74, 6) is 1.40. The van der Waals surface area contributed by atoms with Crippen molar-refractivity contribution in [1.29, 1.82) is 0 Å². The third kappa shape index (κ3) is 4.53. The number of nitrogens with zero attached hydrogens (tertiary/aromatic N) is 4. The van der Waals surface area contributed by atoms with Gasteiger partial charge in [0.05, 0.1) is 7.11 Å². The van der Waals surface area contributed by atoms with E-state index in [4.69, 9.17) is 9.47 Å². The minimum atomic E-state index is -0.287. The number of hydrogen-bond donors (Lipinski definition) is 1. The standard InChI is InChI=1S/C20H21N5O3/c1-4-6-14-9-10-17(18(11-14)27-3)28-13-19(26)21-16-8-5-7-15(12-16)20-22-23-24-25(20)2/h4-5,7-12H,1,6,13H2,2-3H3,(H,21,26). The van der Waals surface area contributed by atoms with Gasteiger partial charge in [-0.3, -0.25) is 4.79 Å². The van der Waals surface area contributed by atoms with Crippen LogP contribution in [0.4, 0.5) is 5.69 Å². The number of amides is 1. The van der Waals surface area contributed by atoms with Crippen LogP contribution < -0.4 is 14.8 Å². The molecule has 0 saturated heterocycles. The molecule has 1 heterocycles. The number of rotatable bonds is 8. The lowest BCUT2D eigenvalue weighted by atomic mass is 10.1. The number of carbonyl (C=O) groups excluding carboxylic acids is 1. The number of aromatic nitrogens is 4. The van der Waals surface area contributed by atoms with Crippen molar-refractivity contribution in [3.63, 3.8) is 0 Å². The van der Waals surface area contributed by atoms with Crippen LogP contribution in [0.2, 0.25) is 0 Å². The molecule has 1 N–H and O–H groups in total. The normalized spacial score (nSPS) is 10.4. The molecule has 0 aliphatic heterocycles. The summed E-state index contributed by atoms with van der Waals surface area (Å²) in [6.45, 7) is 3.58. The average Bonchev–Trinajstić information content (AvgIpc) is 3.13. The van der Waals surface area contributed by atoms with Gasteiger partial charge in [0.15, 0.2) is 23.9 Å². The maximum absolute atomic E-state index is 12.3. The van der Waals surface area contributed by atoms with E-state index in [9.17, 15) is 4.79 Å². The molecule has 144 valence electrons. The van der Waals surface area contributed by atoms with Gasteiger partial charge in [0.1, 0.15) is 0 Å². The highest BCUT2D eigenvalue weighted by Crippen LogP contribution is 2.28. The zero-order valence-corrected chi connectivity index (χ0v) is 15.8. The smallest absolute Gasteiger partial charge is 0.262 e. The van der Waals surface area contributed by atoms with E-state index in [1.54, 1.807) is 37.0 Å². The Kier molecular flexibility index (Phi) is 6.01. The molecule has 0 aliphatic carbocycles. The van der Waals surface area contributed by atoms with Crippen LogP contribution in [0.25, 0.3) is 11.4 Å². The van der Waals surface area contributed by atoms with Crippen LogP contribution >= 0.6 is 0 Å².